The molecule has 0 amide bonds. The number of nitrogens with zero attached hydrogens (tertiary/aromatic N) is 6. The topological polar surface area (TPSA) is 48.4 Å². The highest BCUT2D eigenvalue weighted by Gasteiger charge is 2.21. The van der Waals surface area contributed by atoms with Crippen molar-refractivity contribution in [2.45, 2.75) is 33.1 Å². The summed E-state index contributed by atoms with van der Waals surface area (Å²) in [6.45, 7) is 10.1. The lowest BCUT2D eigenvalue weighted by Gasteiger charge is -2.36. The van der Waals surface area contributed by atoms with Gasteiger partial charge in [0.05, 0.1) is 0 Å². The Morgan fingerprint density at radius 1 is 0.654 bits per heavy atom. The summed E-state index contributed by atoms with van der Waals surface area (Å²) in [5, 5.41) is 0. The van der Waals surface area contributed by atoms with Crippen molar-refractivity contribution in [2.75, 3.05) is 54.0 Å². The van der Waals surface area contributed by atoms with Crippen LogP contribution in [0.4, 0.5) is 17.5 Å². The number of hydrogen-bond donors (Lipinski definition) is 0. The zero-order chi connectivity index (χ0) is 17.9. The zero-order valence-electron chi connectivity index (χ0n) is 15.9. The van der Waals surface area contributed by atoms with Crippen LogP contribution in [-0.4, -0.2) is 54.2 Å². The largest absolute Gasteiger partial charge is 0.356 e. The summed E-state index contributed by atoms with van der Waals surface area (Å²) in [4.78, 5) is 21.2. The second-order valence-electron chi connectivity index (χ2n) is 7.29. The van der Waals surface area contributed by atoms with Crippen molar-refractivity contribution < 1.29 is 0 Å². The first-order valence-corrected chi connectivity index (χ1v) is 9.73. The van der Waals surface area contributed by atoms with Gasteiger partial charge in [-0.1, -0.05) is 6.07 Å². The smallest absolute Gasteiger partial charge is 0.134 e. The summed E-state index contributed by atoms with van der Waals surface area (Å²) < 4.78 is 0. The highest BCUT2D eigenvalue weighted by Crippen LogP contribution is 2.24. The maximum absolute atomic E-state index is 4.72. The number of piperazine rings is 1. The van der Waals surface area contributed by atoms with Crippen molar-refractivity contribution in [2.24, 2.45) is 0 Å². The van der Waals surface area contributed by atoms with Crippen molar-refractivity contribution in [3.8, 4) is 0 Å². The van der Waals surface area contributed by atoms with Gasteiger partial charge >= 0.3 is 0 Å². The molecule has 138 valence electrons. The Hall–Kier alpha value is -2.37. The van der Waals surface area contributed by atoms with Gasteiger partial charge in [-0.05, 0) is 45.2 Å². The molecule has 4 heterocycles. The minimum Gasteiger partial charge on any atom is -0.356 e. The quantitative estimate of drug-likeness (QED) is 0.847. The van der Waals surface area contributed by atoms with E-state index in [0.29, 0.717) is 0 Å². The highest BCUT2D eigenvalue weighted by molar-refractivity contribution is 5.52. The maximum Gasteiger partial charge on any atom is 0.134 e. The number of hydrogen-bond acceptors (Lipinski definition) is 6. The van der Waals surface area contributed by atoms with Gasteiger partial charge in [-0.15, -0.1) is 0 Å². The molecule has 2 aliphatic heterocycles. The number of rotatable bonds is 3. The fraction of sp³-hybridized carbons (Fsp3) is 0.550. The molecule has 0 N–H and O–H groups in total. The van der Waals surface area contributed by atoms with Crippen LogP contribution in [0.1, 0.15) is 30.8 Å². The monoisotopic (exact) mass is 352 g/mol. The highest BCUT2D eigenvalue weighted by atomic mass is 15.3. The van der Waals surface area contributed by atoms with E-state index < -0.39 is 0 Å². The number of aryl methyl sites for hydroxylation is 2. The van der Waals surface area contributed by atoms with Crippen molar-refractivity contribution in [1.29, 1.82) is 0 Å². The SMILES string of the molecule is Cc1cccc(N2CCN(c3cc(N4CCCCC4)nc(C)n3)CC2)n1. The van der Waals surface area contributed by atoms with Gasteiger partial charge in [0, 0.05) is 51.0 Å². The normalized spacial score (nSPS) is 18.3. The first-order chi connectivity index (χ1) is 12.7. The first kappa shape index (κ1) is 17.1. The van der Waals surface area contributed by atoms with Crippen molar-refractivity contribution in [1.82, 2.24) is 15.0 Å². The molecule has 0 aromatic carbocycles. The van der Waals surface area contributed by atoms with Crippen LogP contribution in [0, 0.1) is 13.8 Å². The minimum absolute atomic E-state index is 0.867. The average Bonchev–Trinajstić information content (AvgIpc) is 2.68. The van der Waals surface area contributed by atoms with E-state index in [2.05, 4.69) is 37.9 Å². The van der Waals surface area contributed by atoms with Crippen LogP contribution >= 0.6 is 0 Å². The molecule has 0 bridgehead atoms. The lowest BCUT2D eigenvalue weighted by Crippen LogP contribution is -2.47. The van der Waals surface area contributed by atoms with Crippen LogP contribution < -0.4 is 14.7 Å². The summed E-state index contributed by atoms with van der Waals surface area (Å²) in [5.41, 5.74) is 1.07. The van der Waals surface area contributed by atoms with Crippen LogP contribution in [0.15, 0.2) is 24.3 Å². The summed E-state index contributed by atoms with van der Waals surface area (Å²) in [6.07, 6.45) is 3.86. The molecule has 2 aromatic rings. The number of pyridine rings is 1. The number of piperidine rings is 1. The van der Waals surface area contributed by atoms with E-state index in [1.54, 1.807) is 0 Å². The zero-order valence-corrected chi connectivity index (χ0v) is 15.9. The molecule has 6 nitrogen and oxygen atoms in total. The molecule has 26 heavy (non-hydrogen) atoms. The van der Waals surface area contributed by atoms with E-state index in [4.69, 9.17) is 9.97 Å². The molecule has 2 fully saturated rings. The second-order valence-corrected chi connectivity index (χ2v) is 7.29. The van der Waals surface area contributed by atoms with E-state index in [-0.39, 0.29) is 0 Å². The van der Waals surface area contributed by atoms with Crippen LogP contribution in [0.3, 0.4) is 0 Å². The Balaban J connectivity index is 1.46. The lowest BCUT2D eigenvalue weighted by atomic mass is 10.1. The molecular weight excluding hydrogens is 324 g/mol. The predicted molar refractivity (Wildman–Crippen MR) is 106 cm³/mol. The molecule has 0 saturated carbocycles. The van der Waals surface area contributed by atoms with Crippen LogP contribution in [0.25, 0.3) is 0 Å². The van der Waals surface area contributed by atoms with E-state index in [1.165, 1.54) is 19.3 Å². The number of anilines is 3. The van der Waals surface area contributed by atoms with Crippen molar-refractivity contribution in [3.05, 3.63) is 35.8 Å². The second kappa shape index (κ2) is 7.48. The van der Waals surface area contributed by atoms with Gasteiger partial charge in [0.2, 0.25) is 0 Å². The van der Waals surface area contributed by atoms with Gasteiger partial charge in [-0.3, -0.25) is 0 Å². The Morgan fingerprint density at radius 2 is 1.23 bits per heavy atom. The molecular formula is C20H28N6. The molecule has 0 spiro atoms. The van der Waals surface area contributed by atoms with Crippen molar-refractivity contribution >= 4 is 17.5 Å². The molecule has 4 rings (SSSR count). The van der Waals surface area contributed by atoms with Gasteiger partial charge in [0.15, 0.2) is 0 Å². The van der Waals surface area contributed by atoms with Gasteiger partial charge in [-0.2, -0.15) is 0 Å². The Morgan fingerprint density at radius 3 is 1.85 bits per heavy atom. The first-order valence-electron chi connectivity index (χ1n) is 9.73. The van der Waals surface area contributed by atoms with E-state index in [0.717, 1.165) is 68.2 Å². The van der Waals surface area contributed by atoms with E-state index >= 15 is 0 Å². The summed E-state index contributed by atoms with van der Waals surface area (Å²) in [6, 6.07) is 8.42. The molecule has 0 unspecified atom stereocenters. The average molecular weight is 352 g/mol. The molecule has 0 radical (unpaired) electrons. The van der Waals surface area contributed by atoms with Crippen LogP contribution in [-0.2, 0) is 0 Å². The molecule has 2 saturated heterocycles. The van der Waals surface area contributed by atoms with Crippen LogP contribution in [0.5, 0.6) is 0 Å². The van der Waals surface area contributed by atoms with Crippen molar-refractivity contribution in [3.63, 3.8) is 0 Å². The maximum atomic E-state index is 4.72. The fourth-order valence-corrected chi connectivity index (χ4v) is 3.85. The summed E-state index contributed by atoms with van der Waals surface area (Å²) >= 11 is 0. The Labute approximate surface area is 155 Å². The van der Waals surface area contributed by atoms with E-state index in [9.17, 15) is 0 Å². The third-order valence-corrected chi connectivity index (χ3v) is 5.29. The predicted octanol–water partition coefficient (Wildman–Crippen LogP) is 2.81. The molecule has 0 aliphatic carbocycles. The Bertz CT molecular complexity index is 748. The third-order valence-electron chi connectivity index (χ3n) is 5.29. The minimum atomic E-state index is 0.867. The summed E-state index contributed by atoms with van der Waals surface area (Å²) in [5.74, 6) is 4.10. The van der Waals surface area contributed by atoms with Gasteiger partial charge < -0.3 is 14.7 Å². The van der Waals surface area contributed by atoms with Crippen LogP contribution in [0.2, 0.25) is 0 Å². The summed E-state index contributed by atoms with van der Waals surface area (Å²) in [7, 11) is 0. The standard InChI is InChI=1S/C20H28N6/c1-16-7-6-8-18(21-16)25-11-13-26(14-12-25)20-15-19(22-17(2)23-20)24-9-4-3-5-10-24/h6-8,15H,3-5,9-14H2,1-2H3. The molecule has 0 atom stereocenters. The van der Waals surface area contributed by atoms with Gasteiger partial charge in [0.25, 0.3) is 0 Å². The van der Waals surface area contributed by atoms with Gasteiger partial charge in [-0.25, -0.2) is 15.0 Å². The number of aromatic nitrogens is 3. The Kier molecular flexibility index (Phi) is 4.91. The fourth-order valence-electron chi connectivity index (χ4n) is 3.85. The van der Waals surface area contributed by atoms with E-state index in [1.807, 2.05) is 19.9 Å². The third kappa shape index (κ3) is 3.74. The lowest BCUT2D eigenvalue weighted by molar-refractivity contribution is 0.572. The molecule has 2 aromatic heterocycles. The molecule has 2 aliphatic rings. The molecule has 6 heteroatoms. The van der Waals surface area contributed by atoms with Gasteiger partial charge in [0.1, 0.15) is 23.3 Å².